The molecule has 1 aromatic carbocycles. The Bertz CT molecular complexity index is 1010. The number of piperidine rings is 1. The molecule has 3 N–H and O–H groups in total. The van der Waals surface area contributed by atoms with Gasteiger partial charge in [-0.05, 0) is 62.6 Å². The van der Waals surface area contributed by atoms with Crippen molar-refractivity contribution in [3.63, 3.8) is 0 Å². The molecule has 1 saturated heterocycles. The third-order valence-electron chi connectivity index (χ3n) is 5.78. The van der Waals surface area contributed by atoms with Crippen LogP contribution in [0.3, 0.4) is 0 Å². The second-order valence-corrected chi connectivity index (χ2v) is 8.85. The zero-order valence-electron chi connectivity index (χ0n) is 16.6. The largest absolute Gasteiger partial charge is 0.366 e. The monoisotopic (exact) mass is 428 g/mol. The van der Waals surface area contributed by atoms with Crippen molar-refractivity contribution in [1.29, 1.82) is 0 Å². The quantitative estimate of drug-likeness (QED) is 0.553. The van der Waals surface area contributed by atoms with E-state index >= 15 is 0 Å². The first-order chi connectivity index (χ1) is 14.5. The van der Waals surface area contributed by atoms with Gasteiger partial charge in [-0.2, -0.15) is 0 Å². The summed E-state index contributed by atoms with van der Waals surface area (Å²) in [7, 11) is 0. The fourth-order valence-electron chi connectivity index (χ4n) is 4.30. The van der Waals surface area contributed by atoms with E-state index in [2.05, 4.69) is 5.32 Å². The van der Waals surface area contributed by atoms with E-state index in [1.807, 2.05) is 4.90 Å². The minimum Gasteiger partial charge on any atom is -0.366 e. The fraction of sp³-hybridized carbons (Fsp3) is 0.429. The first-order valence-corrected chi connectivity index (χ1v) is 11.1. The predicted octanol–water partition coefficient (Wildman–Crippen LogP) is 3.88. The normalized spacial score (nSPS) is 16.1. The van der Waals surface area contributed by atoms with Crippen LogP contribution >= 0.6 is 11.3 Å². The van der Waals surface area contributed by atoms with Gasteiger partial charge in [-0.1, -0.05) is 0 Å². The van der Waals surface area contributed by atoms with Crippen molar-refractivity contribution in [2.75, 3.05) is 23.3 Å². The Labute approximate surface area is 178 Å². The topological polar surface area (TPSA) is 119 Å². The van der Waals surface area contributed by atoms with Crippen molar-refractivity contribution in [3.8, 4) is 0 Å². The van der Waals surface area contributed by atoms with Crippen LogP contribution in [0.5, 0.6) is 0 Å². The van der Waals surface area contributed by atoms with E-state index in [1.54, 1.807) is 12.1 Å². The van der Waals surface area contributed by atoms with Gasteiger partial charge in [0.2, 0.25) is 0 Å². The smallest absolute Gasteiger partial charge is 0.293 e. The van der Waals surface area contributed by atoms with Gasteiger partial charge in [-0.15, -0.1) is 11.3 Å². The number of fused-ring (bicyclic) bond motifs is 1. The number of nitro benzene ring substituents is 1. The number of hydrogen-bond donors (Lipinski definition) is 2. The molecule has 0 unspecified atom stereocenters. The summed E-state index contributed by atoms with van der Waals surface area (Å²) in [5.41, 5.74) is 7.54. The first-order valence-electron chi connectivity index (χ1n) is 10.2. The Balaban J connectivity index is 1.63. The Morgan fingerprint density at radius 2 is 1.83 bits per heavy atom. The zero-order valence-corrected chi connectivity index (χ0v) is 17.4. The molecule has 2 aliphatic rings. The molecular formula is C21H24N4O4S. The molecule has 2 heterocycles. The molecule has 158 valence electrons. The number of nitrogens with one attached hydrogen (secondary N) is 1. The van der Waals surface area contributed by atoms with Gasteiger partial charge in [0.15, 0.2) is 0 Å². The van der Waals surface area contributed by atoms with Crippen molar-refractivity contribution >= 4 is 39.5 Å². The Morgan fingerprint density at radius 3 is 2.53 bits per heavy atom. The summed E-state index contributed by atoms with van der Waals surface area (Å²) in [4.78, 5) is 39.2. The average Bonchev–Trinajstić information content (AvgIpc) is 3.11. The van der Waals surface area contributed by atoms with Crippen LogP contribution < -0.4 is 16.0 Å². The van der Waals surface area contributed by atoms with Crippen LogP contribution in [-0.4, -0.2) is 29.8 Å². The summed E-state index contributed by atoms with van der Waals surface area (Å²) in [5.74, 6) is -1.04. The van der Waals surface area contributed by atoms with Gasteiger partial charge in [0.1, 0.15) is 10.7 Å². The van der Waals surface area contributed by atoms with Gasteiger partial charge in [-0.25, -0.2) is 0 Å². The maximum Gasteiger partial charge on any atom is 0.293 e. The van der Waals surface area contributed by atoms with Crippen LogP contribution in [0.25, 0.3) is 0 Å². The van der Waals surface area contributed by atoms with Gasteiger partial charge < -0.3 is 16.0 Å². The van der Waals surface area contributed by atoms with Crippen molar-refractivity contribution in [2.24, 2.45) is 5.73 Å². The Kier molecular flexibility index (Phi) is 5.72. The number of amides is 2. The molecular weight excluding hydrogens is 404 g/mol. The Morgan fingerprint density at radius 1 is 1.10 bits per heavy atom. The molecule has 0 radical (unpaired) electrons. The van der Waals surface area contributed by atoms with E-state index in [0.717, 1.165) is 68.5 Å². The maximum absolute atomic E-state index is 12.9. The second kappa shape index (κ2) is 8.43. The SMILES string of the molecule is NC(=O)c1c(NC(=O)c2ccc(N3CCCCC3)c([N+](=O)[O-])c2)sc2c1CCCC2. The third-order valence-corrected chi connectivity index (χ3v) is 6.98. The average molecular weight is 429 g/mol. The van der Waals surface area contributed by atoms with E-state index in [4.69, 9.17) is 5.73 Å². The number of carbonyl (C=O) groups is 2. The van der Waals surface area contributed by atoms with Crippen molar-refractivity contribution in [2.45, 2.75) is 44.9 Å². The van der Waals surface area contributed by atoms with Crippen LogP contribution in [0.15, 0.2) is 18.2 Å². The number of rotatable bonds is 5. The standard InChI is InChI=1S/C21H24N4O4S/c22-19(26)18-14-6-2-3-7-17(14)30-21(18)23-20(27)13-8-9-15(16(12-13)25(28)29)24-10-4-1-5-11-24/h8-9,12H,1-7,10-11H2,(H2,22,26)(H,23,27). The third kappa shape index (κ3) is 3.89. The lowest BCUT2D eigenvalue weighted by atomic mass is 9.95. The van der Waals surface area contributed by atoms with Gasteiger partial charge in [0.05, 0.1) is 10.5 Å². The van der Waals surface area contributed by atoms with Crippen molar-refractivity contribution in [1.82, 2.24) is 0 Å². The summed E-state index contributed by atoms with van der Waals surface area (Å²) in [5, 5.41) is 14.9. The minimum absolute atomic E-state index is 0.0786. The van der Waals surface area contributed by atoms with Gasteiger partial charge in [0.25, 0.3) is 17.5 Å². The van der Waals surface area contributed by atoms with E-state index in [0.29, 0.717) is 16.3 Å². The molecule has 30 heavy (non-hydrogen) atoms. The summed E-state index contributed by atoms with van der Waals surface area (Å²) in [6, 6.07) is 4.56. The molecule has 9 heteroatoms. The van der Waals surface area contributed by atoms with Crippen molar-refractivity contribution < 1.29 is 14.5 Å². The molecule has 2 amide bonds. The van der Waals surface area contributed by atoms with Crippen LogP contribution in [0.1, 0.15) is 63.3 Å². The number of thiophene rings is 1. The number of nitrogens with zero attached hydrogens (tertiary/aromatic N) is 2. The number of nitrogens with two attached hydrogens (primary N) is 1. The van der Waals surface area contributed by atoms with Crippen LogP contribution in [0.2, 0.25) is 0 Å². The molecule has 8 nitrogen and oxygen atoms in total. The highest BCUT2D eigenvalue weighted by Gasteiger charge is 2.27. The van der Waals surface area contributed by atoms with Crippen LogP contribution in [-0.2, 0) is 12.8 Å². The summed E-state index contributed by atoms with van der Waals surface area (Å²) < 4.78 is 0. The van der Waals surface area contributed by atoms with Crippen LogP contribution in [0.4, 0.5) is 16.4 Å². The molecule has 1 fully saturated rings. The number of carbonyl (C=O) groups excluding carboxylic acids is 2. The summed E-state index contributed by atoms with van der Waals surface area (Å²) in [6.45, 7) is 1.55. The predicted molar refractivity (Wildman–Crippen MR) is 117 cm³/mol. The lowest BCUT2D eigenvalue weighted by molar-refractivity contribution is -0.384. The van der Waals surface area contributed by atoms with E-state index in [-0.39, 0.29) is 11.3 Å². The lowest BCUT2D eigenvalue weighted by Crippen LogP contribution is -2.30. The maximum atomic E-state index is 12.9. The van der Waals surface area contributed by atoms with Crippen molar-refractivity contribution in [3.05, 3.63) is 49.9 Å². The van der Waals surface area contributed by atoms with Gasteiger partial charge in [0, 0.05) is 29.6 Å². The molecule has 2 aromatic rings. The molecule has 4 rings (SSSR count). The highest BCUT2D eigenvalue weighted by atomic mass is 32.1. The molecule has 1 aromatic heterocycles. The molecule has 1 aliphatic heterocycles. The number of nitro groups is 1. The number of aryl methyl sites for hydroxylation is 1. The van der Waals surface area contributed by atoms with Crippen LogP contribution in [0, 0.1) is 10.1 Å². The minimum atomic E-state index is -0.559. The Hall–Kier alpha value is -2.94. The molecule has 0 spiro atoms. The lowest BCUT2D eigenvalue weighted by Gasteiger charge is -2.28. The number of benzene rings is 1. The second-order valence-electron chi connectivity index (χ2n) is 7.74. The van der Waals surface area contributed by atoms with E-state index < -0.39 is 16.7 Å². The fourth-order valence-corrected chi connectivity index (χ4v) is 5.59. The highest BCUT2D eigenvalue weighted by molar-refractivity contribution is 7.17. The van der Waals surface area contributed by atoms with Gasteiger partial charge in [-0.3, -0.25) is 19.7 Å². The molecule has 0 bridgehead atoms. The van der Waals surface area contributed by atoms with E-state index in [1.165, 1.54) is 17.4 Å². The zero-order chi connectivity index (χ0) is 21.3. The highest BCUT2D eigenvalue weighted by Crippen LogP contribution is 2.38. The number of anilines is 2. The summed E-state index contributed by atoms with van der Waals surface area (Å²) >= 11 is 1.37. The number of primary amides is 1. The first kappa shape index (κ1) is 20.3. The number of hydrogen-bond acceptors (Lipinski definition) is 6. The van der Waals surface area contributed by atoms with Gasteiger partial charge >= 0.3 is 0 Å². The molecule has 1 aliphatic carbocycles. The summed E-state index contributed by atoms with van der Waals surface area (Å²) in [6.07, 6.45) is 6.79. The molecule has 0 atom stereocenters. The molecule has 0 saturated carbocycles. The van der Waals surface area contributed by atoms with E-state index in [9.17, 15) is 19.7 Å².